The number of nitrogens with zero attached hydrogens (tertiary/aromatic N) is 2. The van der Waals surface area contributed by atoms with Crippen LogP contribution in [0.2, 0.25) is 0 Å². The Labute approximate surface area is 147 Å². The van der Waals surface area contributed by atoms with Crippen molar-refractivity contribution in [2.45, 2.75) is 50.7 Å². The van der Waals surface area contributed by atoms with E-state index < -0.39 is 0 Å². The van der Waals surface area contributed by atoms with Gasteiger partial charge in [0.1, 0.15) is 5.69 Å². The number of hydrogen-bond acceptors (Lipinski definition) is 5. The van der Waals surface area contributed by atoms with Gasteiger partial charge in [0.2, 0.25) is 0 Å². The first kappa shape index (κ1) is 19.6. The van der Waals surface area contributed by atoms with Gasteiger partial charge in [-0.1, -0.05) is 0 Å². The molecular formula is C14H24Cl2N4OS. The summed E-state index contributed by atoms with van der Waals surface area (Å²) >= 11 is 1.51. The van der Waals surface area contributed by atoms with Crippen LogP contribution in [-0.2, 0) is 6.42 Å². The monoisotopic (exact) mass is 366 g/mol. The highest BCUT2D eigenvalue weighted by atomic mass is 35.5. The van der Waals surface area contributed by atoms with Crippen LogP contribution in [0, 0.1) is 0 Å². The second kappa shape index (κ2) is 8.45. The molecule has 0 bridgehead atoms. The average Bonchev–Trinajstić information content (AvgIpc) is 3.04. The molecule has 0 spiro atoms. The lowest BCUT2D eigenvalue weighted by Gasteiger charge is -2.19. The number of amides is 1. The second-order valence-corrected chi connectivity index (χ2v) is 6.79. The van der Waals surface area contributed by atoms with Crippen molar-refractivity contribution in [1.82, 2.24) is 15.2 Å². The molecule has 5 nitrogen and oxygen atoms in total. The zero-order chi connectivity index (χ0) is 14.1. The molecule has 3 N–H and O–H groups in total. The Morgan fingerprint density at radius 3 is 2.86 bits per heavy atom. The van der Waals surface area contributed by atoms with E-state index in [2.05, 4.69) is 22.1 Å². The smallest absolute Gasteiger partial charge is 0.271 e. The van der Waals surface area contributed by atoms with Gasteiger partial charge in [-0.3, -0.25) is 9.69 Å². The van der Waals surface area contributed by atoms with Crippen LogP contribution in [0.15, 0.2) is 5.38 Å². The largest absolute Gasteiger partial charge is 0.347 e. The molecule has 0 radical (unpaired) electrons. The molecule has 1 saturated heterocycles. The van der Waals surface area contributed by atoms with Gasteiger partial charge in [0.25, 0.3) is 5.91 Å². The van der Waals surface area contributed by atoms with Crippen molar-refractivity contribution in [2.24, 2.45) is 5.73 Å². The molecule has 2 heterocycles. The van der Waals surface area contributed by atoms with Crippen LogP contribution in [0.25, 0.3) is 0 Å². The molecule has 1 aromatic heterocycles. The Morgan fingerprint density at radius 1 is 1.50 bits per heavy atom. The molecular weight excluding hydrogens is 343 g/mol. The fourth-order valence-electron chi connectivity index (χ4n) is 2.99. The lowest BCUT2D eigenvalue weighted by molar-refractivity contribution is 0.0933. The minimum absolute atomic E-state index is 0. The lowest BCUT2D eigenvalue weighted by Crippen LogP contribution is -2.37. The van der Waals surface area contributed by atoms with Crippen molar-refractivity contribution < 1.29 is 4.79 Å². The van der Waals surface area contributed by atoms with E-state index in [-0.39, 0.29) is 36.8 Å². The predicted octanol–water partition coefficient (Wildman–Crippen LogP) is 1.84. The van der Waals surface area contributed by atoms with Crippen LogP contribution < -0.4 is 11.1 Å². The van der Waals surface area contributed by atoms with E-state index >= 15 is 0 Å². The summed E-state index contributed by atoms with van der Waals surface area (Å²) < 4.78 is 0. The van der Waals surface area contributed by atoms with Crippen molar-refractivity contribution in [3.05, 3.63) is 16.1 Å². The summed E-state index contributed by atoms with van der Waals surface area (Å²) in [6.45, 7) is 3.81. The zero-order valence-corrected chi connectivity index (χ0v) is 15.1. The number of hydrogen-bond donors (Lipinski definition) is 2. The fourth-order valence-corrected chi connectivity index (χ4v) is 3.78. The van der Waals surface area contributed by atoms with Gasteiger partial charge in [0.05, 0.1) is 5.01 Å². The summed E-state index contributed by atoms with van der Waals surface area (Å²) in [6.07, 6.45) is 4.43. The highest BCUT2D eigenvalue weighted by molar-refractivity contribution is 7.09. The molecule has 2 atom stereocenters. The lowest BCUT2D eigenvalue weighted by atomic mass is 10.2. The van der Waals surface area contributed by atoms with Crippen molar-refractivity contribution >= 4 is 42.1 Å². The minimum atomic E-state index is -0.0423. The maximum Gasteiger partial charge on any atom is 0.271 e. The predicted molar refractivity (Wildman–Crippen MR) is 94.4 cm³/mol. The number of aromatic nitrogens is 1. The van der Waals surface area contributed by atoms with Gasteiger partial charge in [-0.05, 0) is 32.7 Å². The van der Waals surface area contributed by atoms with Crippen LogP contribution in [0.3, 0.4) is 0 Å². The Morgan fingerprint density at radius 2 is 2.23 bits per heavy atom. The van der Waals surface area contributed by atoms with E-state index in [1.54, 1.807) is 0 Å². The Balaban J connectivity index is 0.00000121. The van der Waals surface area contributed by atoms with Gasteiger partial charge in [-0.15, -0.1) is 36.2 Å². The quantitative estimate of drug-likeness (QED) is 0.833. The molecule has 1 saturated carbocycles. The third-order valence-electron chi connectivity index (χ3n) is 4.12. The van der Waals surface area contributed by atoms with E-state index in [0.717, 1.165) is 30.4 Å². The fraction of sp³-hybridized carbons (Fsp3) is 0.714. The van der Waals surface area contributed by atoms with Gasteiger partial charge in [0.15, 0.2) is 0 Å². The SMILES string of the molecule is CC1CC(NC(=O)c2csc(CCN)n2)CN1C1CC1.Cl.Cl. The number of rotatable bonds is 5. The normalized spacial score (nSPS) is 24.5. The topological polar surface area (TPSA) is 71.2 Å². The van der Waals surface area contributed by atoms with Gasteiger partial charge in [-0.25, -0.2) is 4.98 Å². The summed E-state index contributed by atoms with van der Waals surface area (Å²) in [5, 5.41) is 5.90. The van der Waals surface area contributed by atoms with Crippen LogP contribution in [-0.4, -0.2) is 47.0 Å². The maximum absolute atomic E-state index is 12.2. The number of likely N-dealkylation sites (tertiary alicyclic amines) is 1. The second-order valence-electron chi connectivity index (χ2n) is 5.85. The van der Waals surface area contributed by atoms with E-state index in [1.807, 2.05) is 5.38 Å². The molecule has 3 rings (SSSR count). The Kier molecular flexibility index (Phi) is 7.55. The molecule has 1 aromatic rings. The zero-order valence-electron chi connectivity index (χ0n) is 12.7. The van der Waals surface area contributed by atoms with E-state index in [9.17, 15) is 4.79 Å². The average molecular weight is 367 g/mol. The van der Waals surface area contributed by atoms with Crippen LogP contribution >= 0.6 is 36.2 Å². The van der Waals surface area contributed by atoms with Crippen molar-refractivity contribution in [3.8, 4) is 0 Å². The summed E-state index contributed by atoms with van der Waals surface area (Å²) in [6, 6.07) is 1.61. The molecule has 1 aliphatic carbocycles. The molecule has 2 fully saturated rings. The van der Waals surface area contributed by atoms with E-state index in [0.29, 0.717) is 18.3 Å². The number of nitrogens with two attached hydrogens (primary N) is 1. The number of carbonyl (C=O) groups excluding carboxylic acids is 1. The van der Waals surface area contributed by atoms with Gasteiger partial charge < -0.3 is 11.1 Å². The molecule has 126 valence electrons. The highest BCUT2D eigenvalue weighted by Gasteiger charge is 2.39. The van der Waals surface area contributed by atoms with Gasteiger partial charge >= 0.3 is 0 Å². The summed E-state index contributed by atoms with van der Waals surface area (Å²) in [4.78, 5) is 19.1. The third-order valence-corrected chi connectivity index (χ3v) is 5.03. The molecule has 8 heteroatoms. The van der Waals surface area contributed by atoms with Crippen molar-refractivity contribution in [1.29, 1.82) is 0 Å². The first-order chi connectivity index (χ1) is 9.67. The summed E-state index contributed by atoms with van der Waals surface area (Å²) in [5.41, 5.74) is 6.04. The van der Waals surface area contributed by atoms with E-state index in [4.69, 9.17) is 5.73 Å². The Bertz CT molecular complexity index is 495. The summed E-state index contributed by atoms with van der Waals surface area (Å²) in [5.74, 6) is -0.0423. The number of thiazole rings is 1. The van der Waals surface area contributed by atoms with Crippen LogP contribution in [0.4, 0.5) is 0 Å². The molecule has 22 heavy (non-hydrogen) atoms. The van der Waals surface area contributed by atoms with Crippen LogP contribution in [0.5, 0.6) is 0 Å². The van der Waals surface area contributed by atoms with Crippen molar-refractivity contribution in [2.75, 3.05) is 13.1 Å². The van der Waals surface area contributed by atoms with Crippen molar-refractivity contribution in [3.63, 3.8) is 0 Å². The molecule has 2 aliphatic rings. The van der Waals surface area contributed by atoms with Gasteiger partial charge in [-0.2, -0.15) is 0 Å². The molecule has 1 aliphatic heterocycles. The highest BCUT2D eigenvalue weighted by Crippen LogP contribution is 2.33. The Hall–Kier alpha value is -0.400. The first-order valence-electron chi connectivity index (χ1n) is 7.38. The third kappa shape index (κ3) is 4.55. The minimum Gasteiger partial charge on any atom is -0.347 e. The maximum atomic E-state index is 12.2. The molecule has 1 amide bonds. The summed E-state index contributed by atoms with van der Waals surface area (Å²) in [7, 11) is 0. The standard InChI is InChI=1S/C14H22N4OS.2ClH/c1-9-6-10(7-18(9)11-2-3-11)16-14(19)12-8-20-13(17-12)4-5-15;;/h8-11H,2-7,15H2,1H3,(H,16,19);2*1H. The first-order valence-corrected chi connectivity index (χ1v) is 8.26. The molecule has 2 unspecified atom stereocenters. The van der Waals surface area contributed by atoms with Gasteiger partial charge in [0, 0.05) is 36.5 Å². The van der Waals surface area contributed by atoms with Crippen LogP contribution in [0.1, 0.15) is 41.7 Å². The van der Waals surface area contributed by atoms with E-state index in [1.165, 1.54) is 24.2 Å². The number of carbonyl (C=O) groups is 1. The number of halogens is 2. The number of nitrogens with one attached hydrogen (secondary N) is 1. The molecule has 0 aromatic carbocycles.